The molecule has 0 fully saturated rings. The maximum atomic E-state index is 13.6. The Morgan fingerprint density at radius 3 is 2.63 bits per heavy atom. The van der Waals surface area contributed by atoms with Gasteiger partial charge in [-0.2, -0.15) is 0 Å². The van der Waals surface area contributed by atoms with E-state index in [9.17, 15) is 17.6 Å². The van der Waals surface area contributed by atoms with Gasteiger partial charge in [0.1, 0.15) is 17.3 Å². The van der Waals surface area contributed by atoms with Crippen LogP contribution in [0.5, 0.6) is 0 Å². The summed E-state index contributed by atoms with van der Waals surface area (Å²) in [4.78, 5) is 13.2. The Hall–Kier alpha value is -2.45. The zero-order valence-electron chi connectivity index (χ0n) is 14.4. The van der Waals surface area contributed by atoms with Gasteiger partial charge >= 0.3 is 0 Å². The molecule has 0 saturated carbocycles. The molecule has 5 nitrogen and oxygen atoms in total. The minimum Gasteiger partial charge on any atom is -0.455 e. The molecular formula is C19H18FNO4S2. The summed E-state index contributed by atoms with van der Waals surface area (Å²) in [5.41, 5.74) is 0.107. The van der Waals surface area contributed by atoms with E-state index in [0.29, 0.717) is 13.0 Å². The summed E-state index contributed by atoms with van der Waals surface area (Å²) in [6.45, 7) is 0.459. The van der Waals surface area contributed by atoms with Crippen molar-refractivity contribution in [1.82, 2.24) is 5.32 Å². The van der Waals surface area contributed by atoms with Gasteiger partial charge in [-0.15, -0.1) is 11.3 Å². The average molecular weight is 407 g/mol. The fourth-order valence-electron chi connectivity index (χ4n) is 2.54. The Morgan fingerprint density at radius 2 is 1.89 bits per heavy atom. The van der Waals surface area contributed by atoms with Crippen molar-refractivity contribution < 1.29 is 22.0 Å². The van der Waals surface area contributed by atoms with Crippen molar-refractivity contribution in [3.63, 3.8) is 0 Å². The molecule has 0 aliphatic rings. The zero-order valence-corrected chi connectivity index (χ0v) is 16.0. The van der Waals surface area contributed by atoms with Gasteiger partial charge in [0.15, 0.2) is 15.6 Å². The highest BCUT2D eigenvalue weighted by Crippen LogP contribution is 2.17. The summed E-state index contributed by atoms with van der Waals surface area (Å²) < 4.78 is 43.6. The number of carbonyl (C=O) groups is 1. The van der Waals surface area contributed by atoms with Crippen LogP contribution >= 0.6 is 11.3 Å². The molecule has 0 spiro atoms. The number of amides is 1. The molecule has 1 N–H and O–H groups in total. The number of thiophene rings is 1. The second kappa shape index (κ2) is 8.49. The Bertz CT molecular complexity index is 1010. The summed E-state index contributed by atoms with van der Waals surface area (Å²) in [6, 6.07) is 12.6. The number of carbonyl (C=O) groups excluding carboxylic acids is 1. The molecule has 0 unspecified atom stereocenters. The monoisotopic (exact) mass is 407 g/mol. The van der Waals surface area contributed by atoms with Crippen molar-refractivity contribution in [2.75, 3.05) is 6.54 Å². The molecule has 0 bridgehead atoms. The molecular weight excluding hydrogens is 389 g/mol. The third-order valence-corrected chi connectivity index (χ3v) is 6.23. The number of sulfone groups is 1. The third-order valence-electron chi connectivity index (χ3n) is 3.82. The highest BCUT2D eigenvalue weighted by molar-refractivity contribution is 7.89. The van der Waals surface area contributed by atoms with Crippen LogP contribution in [-0.2, 0) is 27.8 Å². The third kappa shape index (κ3) is 5.51. The maximum Gasteiger partial charge on any atom is 0.287 e. The first-order valence-corrected chi connectivity index (χ1v) is 11.0. The lowest BCUT2D eigenvalue weighted by atomic mass is 10.2. The van der Waals surface area contributed by atoms with Gasteiger partial charge in [0.05, 0.1) is 5.75 Å². The van der Waals surface area contributed by atoms with Crippen LogP contribution in [0, 0.1) is 5.82 Å². The molecule has 0 radical (unpaired) electrons. The molecule has 142 valence electrons. The first-order valence-electron chi connectivity index (χ1n) is 8.26. The first-order chi connectivity index (χ1) is 12.9. The van der Waals surface area contributed by atoms with E-state index in [-0.39, 0.29) is 17.1 Å². The maximum absolute atomic E-state index is 13.6. The van der Waals surface area contributed by atoms with Crippen LogP contribution in [0.25, 0.3) is 0 Å². The van der Waals surface area contributed by atoms with E-state index in [4.69, 9.17) is 4.42 Å². The van der Waals surface area contributed by atoms with E-state index in [1.165, 1.54) is 30.3 Å². The van der Waals surface area contributed by atoms with Gasteiger partial charge in [0.25, 0.3) is 5.91 Å². The van der Waals surface area contributed by atoms with Gasteiger partial charge < -0.3 is 9.73 Å². The highest BCUT2D eigenvalue weighted by atomic mass is 32.2. The average Bonchev–Trinajstić information content (AvgIpc) is 3.28. The van der Waals surface area contributed by atoms with Crippen molar-refractivity contribution in [1.29, 1.82) is 0 Å². The number of benzene rings is 1. The van der Waals surface area contributed by atoms with Crippen molar-refractivity contribution >= 4 is 27.1 Å². The molecule has 3 aromatic rings. The van der Waals surface area contributed by atoms with Gasteiger partial charge in [0, 0.05) is 17.0 Å². The van der Waals surface area contributed by atoms with Crippen molar-refractivity contribution in [2.24, 2.45) is 0 Å². The second-order valence-electron chi connectivity index (χ2n) is 5.97. The van der Waals surface area contributed by atoms with E-state index < -0.39 is 33.1 Å². The van der Waals surface area contributed by atoms with Gasteiger partial charge in [-0.1, -0.05) is 24.3 Å². The molecule has 3 rings (SSSR count). The number of hydrogen-bond acceptors (Lipinski definition) is 5. The summed E-state index contributed by atoms with van der Waals surface area (Å²) >= 11 is 1.61. The van der Waals surface area contributed by atoms with Crippen LogP contribution in [-0.4, -0.2) is 20.9 Å². The number of rotatable bonds is 8. The Morgan fingerprint density at radius 1 is 1.07 bits per heavy atom. The van der Waals surface area contributed by atoms with E-state index >= 15 is 0 Å². The van der Waals surface area contributed by atoms with E-state index in [1.54, 1.807) is 17.4 Å². The standard InChI is InChI=1S/C19H18FNO4S2/c20-17-6-2-1-4-14(17)12-27(23,24)13-15-7-8-18(25-15)19(22)21-10-9-16-5-3-11-26-16/h1-8,11H,9-10,12-13H2,(H,21,22). The summed E-state index contributed by atoms with van der Waals surface area (Å²) in [5.74, 6) is -1.59. The van der Waals surface area contributed by atoms with Gasteiger partial charge in [-0.25, -0.2) is 12.8 Å². The first kappa shape index (κ1) is 19.3. The van der Waals surface area contributed by atoms with Crippen LogP contribution < -0.4 is 5.32 Å². The molecule has 0 atom stereocenters. The molecule has 1 aromatic carbocycles. The van der Waals surface area contributed by atoms with E-state index in [2.05, 4.69) is 5.32 Å². The van der Waals surface area contributed by atoms with Gasteiger partial charge in [-0.3, -0.25) is 4.79 Å². The predicted molar refractivity (Wildman–Crippen MR) is 102 cm³/mol. The largest absolute Gasteiger partial charge is 0.455 e. The van der Waals surface area contributed by atoms with Crippen LogP contribution in [0.4, 0.5) is 4.39 Å². The van der Waals surface area contributed by atoms with Crippen molar-refractivity contribution in [2.45, 2.75) is 17.9 Å². The minimum atomic E-state index is -3.63. The lowest BCUT2D eigenvalue weighted by Gasteiger charge is -2.04. The molecule has 0 aliphatic carbocycles. The molecule has 1 amide bonds. The summed E-state index contributed by atoms with van der Waals surface area (Å²) in [6.07, 6.45) is 0.716. The quantitative estimate of drug-likeness (QED) is 0.619. The Balaban J connectivity index is 1.56. The van der Waals surface area contributed by atoms with Crippen LogP contribution in [0.1, 0.15) is 26.8 Å². The van der Waals surface area contributed by atoms with Crippen LogP contribution in [0.15, 0.2) is 58.3 Å². The smallest absolute Gasteiger partial charge is 0.287 e. The number of hydrogen-bond donors (Lipinski definition) is 1. The Kier molecular flexibility index (Phi) is 6.08. The van der Waals surface area contributed by atoms with Crippen LogP contribution in [0.3, 0.4) is 0 Å². The second-order valence-corrected chi connectivity index (χ2v) is 9.07. The number of halogens is 1. The minimum absolute atomic E-state index is 0.0530. The van der Waals surface area contributed by atoms with Crippen molar-refractivity contribution in [3.8, 4) is 0 Å². The zero-order chi connectivity index (χ0) is 19.3. The highest BCUT2D eigenvalue weighted by Gasteiger charge is 2.19. The van der Waals surface area contributed by atoms with Gasteiger partial charge in [-0.05, 0) is 36.1 Å². The van der Waals surface area contributed by atoms with Crippen molar-refractivity contribution in [3.05, 3.63) is 81.7 Å². The predicted octanol–water partition coefficient (Wildman–Crippen LogP) is 3.57. The lowest BCUT2D eigenvalue weighted by Crippen LogP contribution is -2.25. The van der Waals surface area contributed by atoms with Crippen LogP contribution in [0.2, 0.25) is 0 Å². The molecule has 0 aliphatic heterocycles. The SMILES string of the molecule is O=C(NCCc1cccs1)c1ccc(CS(=O)(=O)Cc2ccccc2F)o1. The molecule has 0 saturated heterocycles. The van der Waals surface area contributed by atoms with E-state index in [1.807, 2.05) is 17.5 Å². The fourth-order valence-corrected chi connectivity index (χ4v) is 4.65. The molecule has 2 heterocycles. The molecule has 27 heavy (non-hydrogen) atoms. The fraction of sp³-hybridized carbons (Fsp3) is 0.211. The van der Waals surface area contributed by atoms with E-state index in [0.717, 1.165) is 4.88 Å². The number of furan rings is 1. The topological polar surface area (TPSA) is 76.4 Å². The summed E-state index contributed by atoms with van der Waals surface area (Å²) in [5, 5.41) is 4.71. The lowest BCUT2D eigenvalue weighted by molar-refractivity contribution is 0.0925. The normalized spacial score (nSPS) is 11.4. The molecule has 2 aromatic heterocycles. The molecule has 8 heteroatoms. The van der Waals surface area contributed by atoms with Gasteiger partial charge in [0.2, 0.25) is 0 Å². The number of nitrogens with one attached hydrogen (secondary N) is 1. The summed E-state index contributed by atoms with van der Waals surface area (Å²) in [7, 11) is -3.63. The Labute approximate surface area is 160 Å².